The van der Waals surface area contributed by atoms with Gasteiger partial charge in [0.05, 0.1) is 6.61 Å². The standard InChI is InChI=1S/C11H14N4O4/c1-11(2)18-8-6(4-16)17-10(9(8)19-11)15-5-13-7(3-12)14-15/h5-6,8-10,16H,4H2,1-2H3/t6-,8-,9-,10?/m1/s1. The molecule has 0 amide bonds. The lowest BCUT2D eigenvalue weighted by Gasteiger charge is -2.23. The summed E-state index contributed by atoms with van der Waals surface area (Å²) in [7, 11) is 0. The minimum absolute atomic E-state index is 0.0609. The van der Waals surface area contributed by atoms with E-state index in [1.165, 1.54) is 11.0 Å². The van der Waals surface area contributed by atoms with Crippen molar-refractivity contribution >= 4 is 0 Å². The van der Waals surface area contributed by atoms with Gasteiger partial charge in [0, 0.05) is 0 Å². The van der Waals surface area contributed by atoms with Crippen molar-refractivity contribution in [2.75, 3.05) is 6.61 Å². The Morgan fingerprint density at radius 1 is 1.47 bits per heavy atom. The molecule has 2 aliphatic rings. The van der Waals surface area contributed by atoms with Crippen LogP contribution in [0, 0.1) is 11.3 Å². The first-order valence-corrected chi connectivity index (χ1v) is 5.97. The van der Waals surface area contributed by atoms with Crippen LogP contribution in [-0.4, -0.2) is 50.6 Å². The van der Waals surface area contributed by atoms with Crippen LogP contribution in [0.15, 0.2) is 6.33 Å². The Bertz CT molecular complexity index is 523. The molecule has 0 aromatic carbocycles. The summed E-state index contributed by atoms with van der Waals surface area (Å²) in [6, 6.07) is 1.85. The van der Waals surface area contributed by atoms with E-state index >= 15 is 0 Å². The summed E-state index contributed by atoms with van der Waals surface area (Å²) in [5.74, 6) is -0.672. The highest BCUT2D eigenvalue weighted by atomic mass is 16.8. The SMILES string of the molecule is CC1(C)O[C@@H]2[C@@H](CO)OC(n3cnc(C#N)n3)[C@@H]2O1. The minimum atomic E-state index is -0.733. The molecule has 0 saturated carbocycles. The van der Waals surface area contributed by atoms with Crippen LogP contribution in [-0.2, 0) is 14.2 Å². The minimum Gasteiger partial charge on any atom is -0.394 e. The molecular formula is C11H14N4O4. The Balaban J connectivity index is 1.88. The fourth-order valence-corrected chi connectivity index (χ4v) is 2.47. The molecule has 1 aromatic rings. The molecule has 0 radical (unpaired) electrons. The summed E-state index contributed by atoms with van der Waals surface area (Å²) in [5, 5.41) is 22.1. The van der Waals surface area contributed by atoms with Crippen LogP contribution in [0.4, 0.5) is 0 Å². The fraction of sp³-hybridized carbons (Fsp3) is 0.727. The van der Waals surface area contributed by atoms with Crippen molar-refractivity contribution in [3.63, 3.8) is 0 Å². The molecule has 0 spiro atoms. The van der Waals surface area contributed by atoms with Crippen LogP contribution in [0.5, 0.6) is 0 Å². The van der Waals surface area contributed by atoms with Crippen LogP contribution in [0.2, 0.25) is 0 Å². The maximum Gasteiger partial charge on any atom is 0.252 e. The summed E-state index contributed by atoms with van der Waals surface area (Å²) in [4.78, 5) is 3.83. The van der Waals surface area contributed by atoms with Crippen molar-refractivity contribution in [1.82, 2.24) is 14.8 Å². The van der Waals surface area contributed by atoms with Crippen LogP contribution in [0.3, 0.4) is 0 Å². The van der Waals surface area contributed by atoms with Gasteiger partial charge in [-0.3, -0.25) is 0 Å². The quantitative estimate of drug-likeness (QED) is 0.774. The Labute approximate surface area is 109 Å². The third-order valence-corrected chi connectivity index (χ3v) is 3.17. The number of ether oxygens (including phenoxy) is 3. The van der Waals surface area contributed by atoms with Crippen LogP contribution in [0.25, 0.3) is 0 Å². The lowest BCUT2D eigenvalue weighted by molar-refractivity contribution is -0.201. The molecule has 3 heterocycles. The highest BCUT2D eigenvalue weighted by Gasteiger charge is 2.56. The molecule has 102 valence electrons. The molecule has 4 atom stereocenters. The number of hydrogen-bond donors (Lipinski definition) is 1. The number of nitriles is 1. The van der Waals surface area contributed by atoms with Crippen LogP contribution >= 0.6 is 0 Å². The van der Waals surface area contributed by atoms with Crippen molar-refractivity contribution < 1.29 is 19.3 Å². The van der Waals surface area contributed by atoms with Gasteiger partial charge in [0.2, 0.25) is 0 Å². The second-order valence-electron chi connectivity index (χ2n) is 4.97. The first kappa shape index (κ1) is 12.5. The van der Waals surface area contributed by atoms with Crippen molar-refractivity contribution in [2.45, 2.75) is 44.2 Å². The molecule has 2 aliphatic heterocycles. The number of hydrogen-bond acceptors (Lipinski definition) is 7. The van der Waals surface area contributed by atoms with Gasteiger partial charge in [0.25, 0.3) is 5.82 Å². The smallest absolute Gasteiger partial charge is 0.252 e. The van der Waals surface area contributed by atoms with E-state index in [-0.39, 0.29) is 24.6 Å². The Morgan fingerprint density at radius 2 is 2.21 bits per heavy atom. The Morgan fingerprint density at radius 3 is 2.84 bits per heavy atom. The predicted molar refractivity (Wildman–Crippen MR) is 59.6 cm³/mol. The predicted octanol–water partition coefficient (Wildman–Crippen LogP) is -0.440. The molecular weight excluding hydrogens is 252 g/mol. The van der Waals surface area contributed by atoms with Gasteiger partial charge in [-0.2, -0.15) is 5.26 Å². The second kappa shape index (κ2) is 4.25. The number of aliphatic hydroxyl groups excluding tert-OH is 1. The maximum absolute atomic E-state index is 9.34. The van der Waals surface area contributed by atoms with Crippen molar-refractivity contribution in [3.8, 4) is 6.07 Å². The van der Waals surface area contributed by atoms with E-state index in [0.29, 0.717) is 0 Å². The van der Waals surface area contributed by atoms with Crippen LogP contribution < -0.4 is 0 Å². The van der Waals surface area contributed by atoms with E-state index in [4.69, 9.17) is 19.5 Å². The third-order valence-electron chi connectivity index (χ3n) is 3.17. The van der Waals surface area contributed by atoms with E-state index in [0.717, 1.165) is 0 Å². The Kier molecular flexibility index (Phi) is 2.79. The normalized spacial score (nSPS) is 36.1. The summed E-state index contributed by atoms with van der Waals surface area (Å²) in [6.07, 6.45) is -0.375. The van der Waals surface area contributed by atoms with E-state index in [9.17, 15) is 5.11 Å². The monoisotopic (exact) mass is 266 g/mol. The fourth-order valence-electron chi connectivity index (χ4n) is 2.47. The van der Waals surface area contributed by atoms with Gasteiger partial charge < -0.3 is 19.3 Å². The number of fused-ring (bicyclic) bond motifs is 1. The van der Waals surface area contributed by atoms with Gasteiger partial charge in [-0.05, 0) is 13.8 Å². The number of nitrogens with zero attached hydrogens (tertiary/aromatic N) is 4. The van der Waals surface area contributed by atoms with Gasteiger partial charge in [-0.1, -0.05) is 0 Å². The third kappa shape index (κ3) is 2.01. The zero-order chi connectivity index (χ0) is 13.6. The molecule has 1 aromatic heterocycles. The molecule has 2 saturated heterocycles. The van der Waals surface area contributed by atoms with Gasteiger partial charge in [0.15, 0.2) is 12.0 Å². The van der Waals surface area contributed by atoms with Gasteiger partial charge in [0.1, 0.15) is 30.7 Å². The summed E-state index contributed by atoms with van der Waals surface area (Å²) < 4.78 is 18.6. The Hall–Kier alpha value is -1.53. The summed E-state index contributed by atoms with van der Waals surface area (Å²) >= 11 is 0. The maximum atomic E-state index is 9.34. The van der Waals surface area contributed by atoms with E-state index < -0.39 is 18.1 Å². The molecule has 0 bridgehead atoms. The first-order valence-electron chi connectivity index (χ1n) is 5.97. The van der Waals surface area contributed by atoms with Crippen molar-refractivity contribution in [1.29, 1.82) is 5.26 Å². The molecule has 2 fully saturated rings. The zero-order valence-electron chi connectivity index (χ0n) is 10.6. The van der Waals surface area contributed by atoms with Gasteiger partial charge in [-0.15, -0.1) is 5.10 Å². The second-order valence-corrected chi connectivity index (χ2v) is 4.97. The van der Waals surface area contributed by atoms with Crippen molar-refractivity contribution in [2.24, 2.45) is 0 Å². The molecule has 1 N–H and O–H groups in total. The average molecular weight is 266 g/mol. The number of rotatable bonds is 2. The first-order chi connectivity index (χ1) is 9.04. The molecule has 1 unspecified atom stereocenters. The zero-order valence-corrected chi connectivity index (χ0v) is 10.6. The number of aromatic nitrogens is 3. The average Bonchev–Trinajstić information content (AvgIpc) is 3.01. The van der Waals surface area contributed by atoms with E-state index in [2.05, 4.69) is 10.1 Å². The molecule has 0 aliphatic carbocycles. The summed E-state index contributed by atoms with van der Waals surface area (Å²) in [6.45, 7) is 3.44. The van der Waals surface area contributed by atoms with E-state index in [1.54, 1.807) is 13.8 Å². The van der Waals surface area contributed by atoms with E-state index in [1.807, 2.05) is 6.07 Å². The largest absolute Gasteiger partial charge is 0.394 e. The lowest BCUT2D eigenvalue weighted by Crippen LogP contribution is -2.31. The summed E-state index contributed by atoms with van der Waals surface area (Å²) in [5.41, 5.74) is 0. The molecule has 8 heteroatoms. The van der Waals surface area contributed by atoms with Crippen molar-refractivity contribution in [3.05, 3.63) is 12.2 Å². The molecule has 19 heavy (non-hydrogen) atoms. The van der Waals surface area contributed by atoms with Crippen LogP contribution in [0.1, 0.15) is 25.9 Å². The lowest BCUT2D eigenvalue weighted by atomic mass is 10.1. The number of aliphatic hydroxyl groups is 1. The molecule has 3 rings (SSSR count). The molecule has 8 nitrogen and oxygen atoms in total. The van der Waals surface area contributed by atoms with Gasteiger partial charge >= 0.3 is 0 Å². The highest BCUT2D eigenvalue weighted by molar-refractivity contribution is 5.06. The van der Waals surface area contributed by atoms with Gasteiger partial charge in [-0.25, -0.2) is 9.67 Å². The topological polar surface area (TPSA) is 102 Å². The highest BCUT2D eigenvalue weighted by Crippen LogP contribution is 2.42.